The number of nitro groups is 1. The minimum Gasteiger partial charge on any atom is -0.325 e. The summed E-state index contributed by atoms with van der Waals surface area (Å²) in [5, 5.41) is 15.6. The van der Waals surface area contributed by atoms with Crippen molar-refractivity contribution in [2.45, 2.75) is 37.6 Å². The molecule has 1 N–H and O–H groups in total. The topological polar surface area (TPSA) is 98.0 Å². The largest absolute Gasteiger partial charge is 0.325 e. The van der Waals surface area contributed by atoms with Crippen LogP contribution in [0.3, 0.4) is 0 Å². The molecule has 29 heavy (non-hydrogen) atoms. The van der Waals surface area contributed by atoms with Crippen molar-refractivity contribution in [1.29, 1.82) is 0 Å². The first-order valence-corrected chi connectivity index (χ1v) is 11.3. The van der Waals surface area contributed by atoms with Crippen molar-refractivity contribution in [3.8, 4) is 0 Å². The molecule has 0 fully saturated rings. The molecule has 1 aromatic carbocycles. The van der Waals surface area contributed by atoms with E-state index in [1.165, 1.54) is 40.8 Å². The molecule has 150 valence electrons. The predicted octanol–water partition coefficient (Wildman–Crippen LogP) is 5.17. The maximum atomic E-state index is 12.4. The number of carbonyl (C=O) groups is 1. The molecule has 0 bridgehead atoms. The van der Waals surface area contributed by atoms with Crippen molar-refractivity contribution < 1.29 is 9.72 Å². The summed E-state index contributed by atoms with van der Waals surface area (Å²) in [6.07, 6.45) is 4.46. The number of thiophene rings is 1. The molecule has 4 rings (SSSR count). The number of anilines is 1. The van der Waals surface area contributed by atoms with Crippen molar-refractivity contribution in [3.63, 3.8) is 0 Å². The molecule has 0 unspecified atom stereocenters. The van der Waals surface area contributed by atoms with Crippen LogP contribution in [0.5, 0.6) is 0 Å². The number of rotatable bonds is 5. The average molecular weight is 449 g/mol. The van der Waals surface area contributed by atoms with Gasteiger partial charge in [0.15, 0.2) is 0 Å². The number of aryl methyl sites for hydroxylation is 3. The Kier molecular flexibility index (Phi) is 5.71. The maximum absolute atomic E-state index is 12.4. The third-order valence-electron chi connectivity index (χ3n) is 4.66. The lowest BCUT2D eigenvalue weighted by Crippen LogP contribution is -2.14. The monoisotopic (exact) mass is 448 g/mol. The van der Waals surface area contributed by atoms with Crippen molar-refractivity contribution in [2.75, 3.05) is 11.1 Å². The molecule has 0 atom stereocenters. The number of hydrogen-bond donors (Lipinski definition) is 1. The average Bonchev–Trinajstić information content (AvgIpc) is 3.05. The van der Waals surface area contributed by atoms with Gasteiger partial charge in [-0.15, -0.1) is 11.3 Å². The second-order valence-corrected chi connectivity index (χ2v) is 9.18. The highest BCUT2D eigenvalue weighted by Gasteiger charge is 2.21. The third kappa shape index (κ3) is 4.22. The Morgan fingerprint density at radius 3 is 2.93 bits per heavy atom. The number of aromatic nitrogens is 2. The first kappa shape index (κ1) is 20.1. The Labute approximate surface area is 180 Å². The number of nitro benzene ring substituents is 1. The summed E-state index contributed by atoms with van der Waals surface area (Å²) in [5.74, 6) is 0.569. The summed E-state index contributed by atoms with van der Waals surface area (Å²) in [4.78, 5) is 34.4. The van der Waals surface area contributed by atoms with E-state index in [9.17, 15) is 14.9 Å². The number of thioether (sulfide) groups is 1. The predicted molar refractivity (Wildman–Crippen MR) is 116 cm³/mol. The summed E-state index contributed by atoms with van der Waals surface area (Å²) in [6.45, 7) is 1.86. The molecule has 3 aromatic rings. The Balaban J connectivity index is 1.52. The van der Waals surface area contributed by atoms with Crippen LogP contribution in [0.2, 0.25) is 5.02 Å². The second kappa shape index (κ2) is 8.25. The van der Waals surface area contributed by atoms with E-state index in [-0.39, 0.29) is 22.4 Å². The zero-order valence-electron chi connectivity index (χ0n) is 15.5. The van der Waals surface area contributed by atoms with Gasteiger partial charge < -0.3 is 5.32 Å². The number of nitrogens with zero attached hydrogens (tertiary/aromatic N) is 3. The normalized spacial score (nSPS) is 13.3. The van der Waals surface area contributed by atoms with E-state index >= 15 is 0 Å². The number of fused-ring (bicyclic) bond motifs is 3. The first-order chi connectivity index (χ1) is 13.9. The SMILES string of the molecule is Cc1nc(SCC(=O)Nc2ccc(Cl)c([N+](=O)[O-])c2)c2c3c(sc2n1)CCCC3. The quantitative estimate of drug-likeness (QED) is 0.250. The zero-order valence-corrected chi connectivity index (χ0v) is 17.9. The van der Waals surface area contributed by atoms with E-state index < -0.39 is 4.92 Å². The number of hydrogen-bond acceptors (Lipinski definition) is 7. The van der Waals surface area contributed by atoms with Crippen LogP contribution in [0.15, 0.2) is 23.2 Å². The molecule has 2 heterocycles. The molecule has 7 nitrogen and oxygen atoms in total. The van der Waals surface area contributed by atoms with Crippen molar-refractivity contribution >= 4 is 62.2 Å². The van der Waals surface area contributed by atoms with E-state index in [4.69, 9.17) is 11.6 Å². The highest BCUT2D eigenvalue weighted by Crippen LogP contribution is 2.39. The van der Waals surface area contributed by atoms with Crippen LogP contribution in [-0.2, 0) is 17.6 Å². The van der Waals surface area contributed by atoms with Gasteiger partial charge in [0.2, 0.25) is 5.91 Å². The van der Waals surface area contributed by atoms with Gasteiger partial charge in [-0.2, -0.15) is 0 Å². The third-order valence-corrected chi connectivity index (χ3v) is 7.14. The lowest BCUT2D eigenvalue weighted by molar-refractivity contribution is -0.384. The first-order valence-electron chi connectivity index (χ1n) is 9.08. The second-order valence-electron chi connectivity index (χ2n) is 6.73. The molecule has 1 aliphatic carbocycles. The molecule has 0 saturated heterocycles. The molecular formula is C19H17ClN4O3S2. The molecule has 2 aromatic heterocycles. The number of halogens is 1. The molecule has 0 spiro atoms. The van der Waals surface area contributed by atoms with Gasteiger partial charge in [0.25, 0.3) is 5.69 Å². The van der Waals surface area contributed by atoms with E-state index in [1.54, 1.807) is 17.4 Å². The summed E-state index contributed by atoms with van der Waals surface area (Å²) < 4.78 is 0. The van der Waals surface area contributed by atoms with Crippen molar-refractivity contribution in [3.05, 3.63) is 49.6 Å². The van der Waals surface area contributed by atoms with Crippen LogP contribution in [0.1, 0.15) is 29.1 Å². The van der Waals surface area contributed by atoms with Crippen LogP contribution in [0, 0.1) is 17.0 Å². The minimum absolute atomic E-state index is 0.0310. The van der Waals surface area contributed by atoms with Gasteiger partial charge in [-0.3, -0.25) is 14.9 Å². The van der Waals surface area contributed by atoms with Gasteiger partial charge in [0.1, 0.15) is 20.7 Å². The number of amides is 1. The fourth-order valence-corrected chi connectivity index (χ4v) is 5.85. The van der Waals surface area contributed by atoms with E-state index in [0.717, 1.165) is 34.5 Å². The van der Waals surface area contributed by atoms with Crippen LogP contribution in [0.25, 0.3) is 10.2 Å². The summed E-state index contributed by atoms with van der Waals surface area (Å²) >= 11 is 8.91. The van der Waals surface area contributed by atoms with Crippen LogP contribution in [0.4, 0.5) is 11.4 Å². The van der Waals surface area contributed by atoms with Gasteiger partial charge in [-0.1, -0.05) is 23.4 Å². The molecule has 0 aliphatic heterocycles. The number of carbonyl (C=O) groups excluding carboxylic acids is 1. The lowest BCUT2D eigenvalue weighted by atomic mass is 9.97. The minimum atomic E-state index is -0.577. The van der Waals surface area contributed by atoms with Crippen LogP contribution >= 0.6 is 34.7 Å². The molecule has 1 amide bonds. The number of nitrogens with one attached hydrogen (secondary N) is 1. The zero-order chi connectivity index (χ0) is 20.5. The molecule has 10 heteroatoms. The van der Waals surface area contributed by atoms with Crippen LogP contribution in [-0.4, -0.2) is 26.6 Å². The Hall–Kier alpha value is -2.23. The Bertz CT molecular complexity index is 1130. The van der Waals surface area contributed by atoms with Crippen LogP contribution < -0.4 is 5.32 Å². The summed E-state index contributed by atoms with van der Waals surface area (Å²) in [6, 6.07) is 4.20. The van der Waals surface area contributed by atoms with Gasteiger partial charge in [-0.05, 0) is 50.3 Å². The molecule has 0 radical (unpaired) electrons. The van der Waals surface area contributed by atoms with E-state index in [0.29, 0.717) is 11.5 Å². The summed E-state index contributed by atoms with van der Waals surface area (Å²) in [5.41, 5.74) is 1.42. The Morgan fingerprint density at radius 1 is 1.34 bits per heavy atom. The lowest BCUT2D eigenvalue weighted by Gasteiger charge is -2.12. The van der Waals surface area contributed by atoms with Gasteiger partial charge in [0.05, 0.1) is 10.7 Å². The standard InChI is InChI=1S/C19H17ClN4O3S2/c1-10-21-18(17-12-4-2-3-5-15(12)29-19(17)22-10)28-9-16(25)23-11-6-7-13(20)14(8-11)24(26)27/h6-8H,2-5,9H2,1H3,(H,23,25). The maximum Gasteiger partial charge on any atom is 0.289 e. The fourth-order valence-electron chi connectivity index (χ4n) is 3.39. The van der Waals surface area contributed by atoms with E-state index in [2.05, 4.69) is 15.3 Å². The highest BCUT2D eigenvalue weighted by atomic mass is 35.5. The van der Waals surface area contributed by atoms with Crippen molar-refractivity contribution in [2.24, 2.45) is 0 Å². The summed E-state index contributed by atoms with van der Waals surface area (Å²) in [7, 11) is 0. The molecular weight excluding hydrogens is 432 g/mol. The van der Waals surface area contributed by atoms with E-state index in [1.807, 2.05) is 6.92 Å². The number of benzene rings is 1. The highest BCUT2D eigenvalue weighted by molar-refractivity contribution is 8.00. The Morgan fingerprint density at radius 2 is 2.14 bits per heavy atom. The smallest absolute Gasteiger partial charge is 0.289 e. The van der Waals surface area contributed by atoms with Gasteiger partial charge >= 0.3 is 0 Å². The molecule has 1 aliphatic rings. The van der Waals surface area contributed by atoms with Gasteiger partial charge in [0, 0.05) is 22.0 Å². The molecule has 0 saturated carbocycles. The van der Waals surface area contributed by atoms with Gasteiger partial charge in [-0.25, -0.2) is 9.97 Å². The van der Waals surface area contributed by atoms with Crippen molar-refractivity contribution in [1.82, 2.24) is 9.97 Å². The fraction of sp³-hybridized carbons (Fsp3) is 0.316.